The van der Waals surface area contributed by atoms with Gasteiger partial charge in [0.15, 0.2) is 0 Å². The molecule has 15 heteroatoms. The Balaban J connectivity index is 1.61. The number of nitrogens with zero attached hydrogens (tertiary/aromatic N) is 1. The van der Waals surface area contributed by atoms with Crippen LogP contribution in [0, 0.1) is 5.92 Å². The fourth-order valence-corrected chi connectivity index (χ4v) is 6.27. The zero-order valence-electron chi connectivity index (χ0n) is 31.4. The van der Waals surface area contributed by atoms with E-state index in [1.807, 2.05) is 74.5 Å². The molecule has 0 bridgehead atoms. The summed E-state index contributed by atoms with van der Waals surface area (Å²) in [5.41, 5.74) is 18.2. The fraction of sp³-hybridized carbons (Fsp3) is 0.538. The molecule has 15 nitrogen and oxygen atoms in total. The van der Waals surface area contributed by atoms with Crippen molar-refractivity contribution in [1.82, 2.24) is 26.2 Å². The van der Waals surface area contributed by atoms with Gasteiger partial charge in [-0.25, -0.2) is 0 Å². The number of carboxylic acid groups (broad SMARTS) is 1. The quantitative estimate of drug-likeness (QED) is 0.0813. The lowest BCUT2D eigenvalue weighted by Gasteiger charge is -2.38. The highest BCUT2D eigenvalue weighted by Gasteiger charge is 2.40. The lowest BCUT2D eigenvalue weighted by atomic mass is 9.88. The molecule has 0 aliphatic carbocycles. The zero-order chi connectivity index (χ0) is 39.7. The van der Waals surface area contributed by atoms with E-state index in [-0.39, 0.29) is 57.1 Å². The Morgan fingerprint density at radius 3 is 1.91 bits per heavy atom. The smallest absolute Gasteiger partial charge is 0.323 e. The first-order valence-corrected chi connectivity index (χ1v) is 18.7. The van der Waals surface area contributed by atoms with Gasteiger partial charge in [-0.05, 0) is 68.5 Å². The third-order valence-electron chi connectivity index (χ3n) is 9.52. The summed E-state index contributed by atoms with van der Waals surface area (Å²) in [7, 11) is 0. The number of likely N-dealkylation sites (tertiary alicyclic amines) is 1. The Labute approximate surface area is 317 Å². The van der Waals surface area contributed by atoms with E-state index in [0.717, 1.165) is 11.1 Å². The number of amides is 5. The predicted octanol–water partition coefficient (Wildman–Crippen LogP) is 0.339. The fourth-order valence-electron chi connectivity index (χ4n) is 6.27. The molecule has 5 amide bonds. The highest BCUT2D eigenvalue weighted by molar-refractivity contribution is 5.93. The van der Waals surface area contributed by atoms with Crippen LogP contribution in [0.25, 0.3) is 0 Å². The Hall–Kier alpha value is -4.86. The van der Waals surface area contributed by atoms with Gasteiger partial charge in [-0.1, -0.05) is 74.5 Å². The van der Waals surface area contributed by atoms with Gasteiger partial charge in [0.05, 0.1) is 6.04 Å². The third-order valence-corrected chi connectivity index (χ3v) is 9.52. The van der Waals surface area contributed by atoms with Crippen LogP contribution in [-0.4, -0.2) is 101 Å². The van der Waals surface area contributed by atoms with E-state index in [0.29, 0.717) is 38.6 Å². The molecule has 0 unspecified atom stereocenters. The number of nitrogens with one attached hydrogen (secondary N) is 4. The normalized spacial score (nSPS) is 16.0. The van der Waals surface area contributed by atoms with Crippen LogP contribution in [-0.2, 0) is 41.6 Å². The first-order valence-electron chi connectivity index (χ1n) is 18.7. The second-order valence-electron chi connectivity index (χ2n) is 14.5. The molecule has 3 rings (SSSR count). The molecule has 0 spiro atoms. The third kappa shape index (κ3) is 14.2. The van der Waals surface area contributed by atoms with Crippen LogP contribution >= 0.6 is 0 Å². The molecule has 1 aliphatic heterocycles. The molecule has 1 saturated heterocycles. The van der Waals surface area contributed by atoms with Crippen LogP contribution in [0.3, 0.4) is 0 Å². The minimum Gasteiger partial charge on any atom is -0.480 e. The van der Waals surface area contributed by atoms with Gasteiger partial charge < -0.3 is 48.5 Å². The molecule has 54 heavy (non-hydrogen) atoms. The topological polar surface area (TPSA) is 252 Å². The largest absolute Gasteiger partial charge is 0.480 e. The van der Waals surface area contributed by atoms with Crippen LogP contribution < -0.4 is 38.5 Å². The van der Waals surface area contributed by atoms with Crippen LogP contribution in [0.2, 0.25) is 0 Å². The number of unbranched alkanes of at least 4 members (excludes halogenated alkanes) is 1. The molecule has 0 saturated carbocycles. The number of carbonyl (C=O) groups is 6. The highest BCUT2D eigenvalue weighted by atomic mass is 16.4. The molecule has 0 aromatic heterocycles. The Bertz CT molecular complexity index is 1530. The van der Waals surface area contributed by atoms with Crippen molar-refractivity contribution in [2.24, 2.45) is 23.1 Å². The van der Waals surface area contributed by atoms with E-state index in [2.05, 4.69) is 21.3 Å². The second kappa shape index (κ2) is 21.7. The number of aliphatic carboxylic acids is 1. The van der Waals surface area contributed by atoms with Crippen molar-refractivity contribution in [2.75, 3.05) is 26.2 Å². The van der Waals surface area contributed by atoms with Gasteiger partial charge in [-0.15, -0.1) is 0 Å². The molecular weight excluding hydrogens is 692 g/mol. The molecule has 4 atom stereocenters. The number of hydrogen-bond donors (Lipinski definition) is 8. The summed E-state index contributed by atoms with van der Waals surface area (Å²) >= 11 is 0. The minimum absolute atomic E-state index is 0.0125. The average molecular weight is 751 g/mol. The van der Waals surface area contributed by atoms with Gasteiger partial charge in [0, 0.05) is 32.5 Å². The van der Waals surface area contributed by atoms with Crippen molar-refractivity contribution < 1.29 is 33.9 Å². The Kier molecular flexibility index (Phi) is 17.5. The zero-order valence-corrected chi connectivity index (χ0v) is 31.4. The first kappa shape index (κ1) is 43.5. The van der Waals surface area contributed by atoms with Gasteiger partial charge in [0.1, 0.15) is 23.7 Å². The van der Waals surface area contributed by atoms with Gasteiger partial charge in [-0.2, -0.15) is 0 Å². The summed E-state index contributed by atoms with van der Waals surface area (Å²) < 4.78 is 0. The Morgan fingerprint density at radius 2 is 1.35 bits per heavy atom. The van der Waals surface area contributed by atoms with Crippen LogP contribution in [0.1, 0.15) is 69.9 Å². The molecule has 11 N–H and O–H groups in total. The van der Waals surface area contributed by atoms with Gasteiger partial charge in [0.2, 0.25) is 29.5 Å². The molecule has 0 radical (unpaired) electrons. The summed E-state index contributed by atoms with van der Waals surface area (Å²) in [5.74, 6) is -3.44. The van der Waals surface area contributed by atoms with Crippen molar-refractivity contribution in [2.45, 2.75) is 101 Å². The molecule has 1 fully saturated rings. The molecular formula is C39H58N8O7. The van der Waals surface area contributed by atoms with Crippen molar-refractivity contribution >= 4 is 35.5 Å². The van der Waals surface area contributed by atoms with Crippen molar-refractivity contribution in [3.63, 3.8) is 0 Å². The summed E-state index contributed by atoms with van der Waals surface area (Å²) in [6.07, 6.45) is 2.33. The first-order chi connectivity index (χ1) is 25.7. The molecule has 1 heterocycles. The molecule has 2 aromatic carbocycles. The Morgan fingerprint density at radius 1 is 0.778 bits per heavy atom. The van der Waals surface area contributed by atoms with Gasteiger partial charge >= 0.3 is 5.97 Å². The SMILES string of the molecule is CC(C)C[C@@H](NC(=O)CCNC(=O)[C@@H](Cc1ccccc1)NC(=O)[C@H](N)Cc1ccccc1)C(=O)N[C@H](CCCCN)C(=O)N1CCC(N)(C(=O)O)CC1. The maximum atomic E-state index is 13.6. The number of rotatable bonds is 21. The standard InChI is InChI=1S/C39H58N8O7/c1-26(2)23-31(36(51)45-30(15-9-10-19-40)37(52)47-21-17-39(42,18-22-47)38(53)54)44-33(48)16-20-43-35(50)32(25-28-13-7-4-8-14-28)46-34(49)29(41)24-27-11-5-3-6-12-27/h3-8,11-14,26,29-32H,9-10,15-25,40-42H2,1-2H3,(H,43,50)(H,44,48)(H,45,51)(H,46,49)(H,53,54)/t29-,30-,31-,32-/m1/s1. The predicted molar refractivity (Wildman–Crippen MR) is 204 cm³/mol. The van der Waals surface area contributed by atoms with E-state index in [1.54, 1.807) is 0 Å². The van der Waals surface area contributed by atoms with Crippen LogP contribution in [0.15, 0.2) is 60.7 Å². The van der Waals surface area contributed by atoms with Crippen molar-refractivity contribution in [3.8, 4) is 0 Å². The highest BCUT2D eigenvalue weighted by Crippen LogP contribution is 2.21. The minimum atomic E-state index is -1.41. The number of hydrogen-bond acceptors (Lipinski definition) is 9. The number of carboxylic acids is 1. The van der Waals surface area contributed by atoms with E-state index in [1.165, 1.54) is 4.90 Å². The number of carbonyl (C=O) groups excluding carboxylic acids is 5. The summed E-state index contributed by atoms with van der Waals surface area (Å²) in [5, 5.41) is 20.6. The van der Waals surface area contributed by atoms with E-state index >= 15 is 0 Å². The second-order valence-corrected chi connectivity index (χ2v) is 14.5. The van der Waals surface area contributed by atoms with Crippen molar-refractivity contribution in [3.05, 3.63) is 71.8 Å². The number of nitrogens with two attached hydrogens (primary N) is 3. The average Bonchev–Trinajstić information content (AvgIpc) is 3.14. The van der Waals surface area contributed by atoms with Gasteiger partial charge in [-0.3, -0.25) is 28.8 Å². The van der Waals surface area contributed by atoms with E-state index < -0.39 is 59.3 Å². The number of benzene rings is 2. The summed E-state index contributed by atoms with van der Waals surface area (Å²) in [6, 6.07) is 14.8. The van der Waals surface area contributed by atoms with Crippen molar-refractivity contribution in [1.29, 1.82) is 0 Å². The molecule has 2 aromatic rings. The maximum Gasteiger partial charge on any atom is 0.323 e. The number of piperidine rings is 1. The summed E-state index contributed by atoms with van der Waals surface area (Å²) in [4.78, 5) is 79.9. The lowest BCUT2D eigenvalue weighted by Crippen LogP contribution is -2.60. The van der Waals surface area contributed by atoms with Crippen LogP contribution in [0.4, 0.5) is 0 Å². The lowest BCUT2D eigenvalue weighted by molar-refractivity contribution is -0.148. The van der Waals surface area contributed by atoms with Gasteiger partial charge in [0.25, 0.3) is 0 Å². The monoisotopic (exact) mass is 750 g/mol. The summed E-state index contributed by atoms with van der Waals surface area (Å²) in [6.45, 7) is 4.43. The maximum absolute atomic E-state index is 13.6. The van der Waals surface area contributed by atoms with Crippen LogP contribution in [0.5, 0.6) is 0 Å². The molecule has 296 valence electrons. The van der Waals surface area contributed by atoms with E-state index in [9.17, 15) is 33.9 Å². The molecule has 1 aliphatic rings. The van der Waals surface area contributed by atoms with E-state index in [4.69, 9.17) is 17.2 Å².